The number of ether oxygens (including phenoxy) is 4. The number of pyridine rings is 1. The normalized spacial score (nSPS) is 11.5. The molecule has 3 aromatic carbocycles. The smallest absolute Gasteiger partial charge is 0.457 e. The predicted octanol–water partition coefficient (Wildman–Crippen LogP) is 10.1. The van der Waals surface area contributed by atoms with Gasteiger partial charge >= 0.3 is 12.3 Å². The number of hydrogen-bond donors (Lipinski definition) is 1. The summed E-state index contributed by atoms with van der Waals surface area (Å²) in [7, 11) is 0. The Morgan fingerprint density at radius 2 is 1.50 bits per heavy atom. The van der Waals surface area contributed by atoms with Crippen molar-refractivity contribution in [1.82, 2.24) is 4.98 Å². The lowest BCUT2D eigenvalue weighted by Crippen LogP contribution is -2.16. The van der Waals surface area contributed by atoms with Crippen molar-refractivity contribution >= 4 is 28.5 Å². The van der Waals surface area contributed by atoms with Crippen LogP contribution in [0.3, 0.4) is 0 Å². The van der Waals surface area contributed by atoms with E-state index in [9.17, 15) is 23.1 Å². The van der Waals surface area contributed by atoms with Crippen LogP contribution in [0.5, 0.6) is 23.0 Å². The quantitative estimate of drug-likeness (QED) is 0.0727. The number of unbranched alkanes of at least 4 members (excludes halogenated alkanes) is 6. The molecule has 0 aliphatic rings. The molecule has 0 fully saturated rings. The summed E-state index contributed by atoms with van der Waals surface area (Å²) < 4.78 is 58.6. The van der Waals surface area contributed by atoms with E-state index < -0.39 is 6.36 Å². The molecule has 11 heteroatoms. The van der Waals surface area contributed by atoms with Crippen LogP contribution in [0, 0.1) is 6.92 Å². The largest absolute Gasteiger partial charge is 0.573 e. The van der Waals surface area contributed by atoms with Crippen molar-refractivity contribution in [1.29, 1.82) is 0 Å². The number of alkyl halides is 3. The molecule has 1 heterocycles. The number of benzene rings is 3. The summed E-state index contributed by atoms with van der Waals surface area (Å²) in [6.07, 6.45) is 3.17. The van der Waals surface area contributed by atoms with Gasteiger partial charge in [0, 0.05) is 28.1 Å². The van der Waals surface area contributed by atoms with Crippen LogP contribution >= 0.6 is 11.6 Å². The van der Waals surface area contributed by atoms with E-state index in [1.807, 2.05) is 6.92 Å². The van der Waals surface area contributed by atoms with Crippen LogP contribution in [0.25, 0.3) is 22.0 Å². The van der Waals surface area contributed by atoms with Gasteiger partial charge in [0.1, 0.15) is 23.0 Å². The van der Waals surface area contributed by atoms with Gasteiger partial charge in [0.25, 0.3) is 0 Å². The summed E-state index contributed by atoms with van der Waals surface area (Å²) in [5.74, 6) is 0.480. The maximum Gasteiger partial charge on any atom is 0.573 e. The van der Waals surface area contributed by atoms with Crippen LogP contribution in [-0.2, 0) is 16.1 Å². The molecular weight excluding hydrogens is 623 g/mol. The van der Waals surface area contributed by atoms with Crippen LogP contribution in [0.1, 0.15) is 69.5 Å². The Morgan fingerprint density at radius 1 is 0.891 bits per heavy atom. The number of aliphatic hydroxyl groups is 1. The number of halogens is 4. The first-order valence-electron chi connectivity index (χ1n) is 15.2. The van der Waals surface area contributed by atoms with Crippen molar-refractivity contribution in [2.75, 3.05) is 6.79 Å². The molecule has 4 aromatic rings. The van der Waals surface area contributed by atoms with E-state index >= 15 is 0 Å². The van der Waals surface area contributed by atoms with E-state index in [2.05, 4.69) is 11.7 Å². The molecular formula is C35H37ClF3NO6. The lowest BCUT2D eigenvalue weighted by atomic mass is 9.99. The molecule has 0 amide bonds. The molecule has 0 saturated heterocycles. The van der Waals surface area contributed by atoms with E-state index in [0.717, 1.165) is 24.8 Å². The van der Waals surface area contributed by atoms with E-state index in [1.165, 1.54) is 49.9 Å². The van der Waals surface area contributed by atoms with E-state index in [1.54, 1.807) is 36.4 Å². The molecule has 1 N–H and O–H groups in total. The minimum Gasteiger partial charge on any atom is -0.457 e. The van der Waals surface area contributed by atoms with Gasteiger partial charge in [-0.2, -0.15) is 0 Å². The summed E-state index contributed by atoms with van der Waals surface area (Å²) in [6.45, 7) is 3.42. The second-order valence-corrected chi connectivity index (χ2v) is 11.2. The zero-order valence-electron chi connectivity index (χ0n) is 25.8. The zero-order valence-corrected chi connectivity index (χ0v) is 26.5. The first kappa shape index (κ1) is 34.8. The first-order valence-corrected chi connectivity index (χ1v) is 15.6. The topological polar surface area (TPSA) is 87.1 Å². The number of aromatic nitrogens is 1. The predicted molar refractivity (Wildman–Crippen MR) is 170 cm³/mol. The van der Waals surface area contributed by atoms with Crippen molar-refractivity contribution in [3.05, 3.63) is 76.9 Å². The van der Waals surface area contributed by atoms with Crippen LogP contribution in [-0.4, -0.2) is 29.2 Å². The van der Waals surface area contributed by atoms with Gasteiger partial charge < -0.3 is 24.1 Å². The van der Waals surface area contributed by atoms with Crippen LogP contribution in [0.2, 0.25) is 5.02 Å². The highest BCUT2D eigenvalue weighted by Gasteiger charge is 2.31. The Hall–Kier alpha value is -4.02. The van der Waals surface area contributed by atoms with Crippen molar-refractivity contribution in [3.8, 4) is 34.1 Å². The molecule has 1 aromatic heterocycles. The maximum atomic E-state index is 12.5. The third kappa shape index (κ3) is 9.99. The third-order valence-electron chi connectivity index (χ3n) is 7.30. The van der Waals surface area contributed by atoms with Gasteiger partial charge in [-0.1, -0.05) is 69.2 Å². The number of carbonyl (C=O) groups is 1. The minimum atomic E-state index is -4.78. The second-order valence-electron chi connectivity index (χ2n) is 10.8. The number of rotatable bonds is 16. The standard InChI is InChI=1S/C35H37ClF3NO6/c1-3-4-5-6-7-8-9-10-32(42)43-22-44-34-29-20-30(36)25(21-41)19-31(29)40-23(2)33(34)24-11-13-26(14-12-24)45-27-15-17-28(18-16-27)46-35(37,38)39/h11-20,41H,3-10,21-22H2,1-2H3. The van der Waals surface area contributed by atoms with Crippen molar-refractivity contribution in [3.63, 3.8) is 0 Å². The molecule has 0 atom stereocenters. The molecule has 46 heavy (non-hydrogen) atoms. The average molecular weight is 660 g/mol. The van der Waals surface area contributed by atoms with Crippen molar-refractivity contribution < 1.29 is 42.0 Å². The molecule has 0 saturated carbocycles. The fourth-order valence-corrected chi connectivity index (χ4v) is 5.24. The Balaban J connectivity index is 1.50. The van der Waals surface area contributed by atoms with E-state index in [-0.39, 0.29) is 25.1 Å². The number of aliphatic hydroxyl groups excluding tert-OH is 1. The summed E-state index contributed by atoms with van der Waals surface area (Å²) in [5, 5.41) is 10.6. The number of aryl methyl sites for hydroxylation is 1. The highest BCUT2D eigenvalue weighted by molar-refractivity contribution is 6.32. The van der Waals surface area contributed by atoms with E-state index in [0.29, 0.717) is 56.4 Å². The van der Waals surface area contributed by atoms with Gasteiger partial charge in [-0.15, -0.1) is 13.2 Å². The number of fused-ring (bicyclic) bond motifs is 1. The van der Waals surface area contributed by atoms with Gasteiger partial charge in [-0.05, 0) is 73.0 Å². The van der Waals surface area contributed by atoms with Crippen molar-refractivity contribution in [2.24, 2.45) is 0 Å². The Morgan fingerprint density at radius 3 is 2.13 bits per heavy atom. The fraction of sp³-hybridized carbons (Fsp3) is 0.371. The SMILES string of the molecule is CCCCCCCCCC(=O)OCOc1c(-c2ccc(Oc3ccc(OC(F)(F)F)cc3)cc2)c(C)nc2cc(CO)c(Cl)cc12. The molecule has 7 nitrogen and oxygen atoms in total. The zero-order chi connectivity index (χ0) is 33.1. The molecule has 0 aliphatic heterocycles. The maximum absolute atomic E-state index is 12.5. The molecule has 0 unspecified atom stereocenters. The Labute approximate surface area is 271 Å². The number of nitrogens with zero attached hydrogens (tertiary/aromatic N) is 1. The first-order chi connectivity index (χ1) is 22.1. The number of carbonyl (C=O) groups excluding carboxylic acids is 1. The summed E-state index contributed by atoms with van der Waals surface area (Å²) in [4.78, 5) is 17.1. The summed E-state index contributed by atoms with van der Waals surface area (Å²) in [5.41, 5.74) is 3.05. The molecule has 0 radical (unpaired) electrons. The average Bonchev–Trinajstić information content (AvgIpc) is 3.01. The van der Waals surface area contributed by atoms with Gasteiger partial charge in [-0.25, -0.2) is 0 Å². The number of esters is 1. The fourth-order valence-electron chi connectivity index (χ4n) is 5.01. The third-order valence-corrected chi connectivity index (χ3v) is 7.65. The lowest BCUT2D eigenvalue weighted by Gasteiger charge is -2.18. The highest BCUT2D eigenvalue weighted by Crippen LogP contribution is 2.41. The monoisotopic (exact) mass is 659 g/mol. The number of hydrogen-bond acceptors (Lipinski definition) is 7. The molecule has 0 bridgehead atoms. The van der Waals surface area contributed by atoms with Gasteiger partial charge in [0.2, 0.25) is 6.79 Å². The van der Waals surface area contributed by atoms with Crippen LogP contribution in [0.4, 0.5) is 13.2 Å². The summed E-state index contributed by atoms with van der Waals surface area (Å²) in [6, 6.07) is 15.4. The molecule has 0 spiro atoms. The van der Waals surface area contributed by atoms with E-state index in [4.69, 9.17) is 30.8 Å². The Bertz CT molecular complexity index is 1590. The molecule has 0 aliphatic carbocycles. The lowest BCUT2D eigenvalue weighted by molar-refractivity contribution is -0.274. The van der Waals surface area contributed by atoms with Crippen molar-refractivity contribution in [2.45, 2.75) is 78.2 Å². The molecule has 4 rings (SSSR count). The minimum absolute atomic E-state index is 0.261. The van der Waals surface area contributed by atoms with Gasteiger partial charge in [0.15, 0.2) is 0 Å². The van der Waals surface area contributed by atoms with Crippen LogP contribution < -0.4 is 14.2 Å². The second kappa shape index (κ2) is 16.5. The van der Waals surface area contributed by atoms with Gasteiger partial charge in [0.05, 0.1) is 12.1 Å². The Kier molecular flexibility index (Phi) is 12.5. The van der Waals surface area contributed by atoms with Gasteiger partial charge in [-0.3, -0.25) is 9.78 Å². The summed E-state index contributed by atoms with van der Waals surface area (Å²) >= 11 is 6.44. The highest BCUT2D eigenvalue weighted by atomic mass is 35.5. The molecule has 246 valence electrons. The van der Waals surface area contributed by atoms with Crippen LogP contribution in [0.15, 0.2) is 60.7 Å².